The van der Waals surface area contributed by atoms with Crippen LogP contribution in [0.3, 0.4) is 0 Å². The fraction of sp³-hybridized carbons (Fsp3) is 0.938. The van der Waals surface area contributed by atoms with Crippen LogP contribution in [-0.2, 0) is 14.3 Å². The van der Waals surface area contributed by atoms with Gasteiger partial charge in [-0.25, -0.2) is 0 Å². The van der Waals surface area contributed by atoms with Gasteiger partial charge in [0.05, 0.1) is 30.7 Å². The summed E-state index contributed by atoms with van der Waals surface area (Å²) in [7, 11) is 0. The summed E-state index contributed by atoms with van der Waals surface area (Å²) >= 11 is 0. The zero-order chi connectivity index (χ0) is 28.7. The van der Waals surface area contributed by atoms with Crippen LogP contribution >= 0.6 is 0 Å². The van der Waals surface area contributed by atoms with Gasteiger partial charge in [0.1, 0.15) is 6.10 Å². The number of aliphatic hydroxyl groups is 3. The highest BCUT2D eigenvalue weighted by atomic mass is 16.5. The molecule has 4 aliphatic carbocycles. The van der Waals surface area contributed by atoms with Gasteiger partial charge in [-0.15, -0.1) is 0 Å². The Labute approximate surface area is 235 Å². The largest absolute Gasteiger partial charge is 0.481 e. The van der Waals surface area contributed by atoms with Crippen molar-refractivity contribution in [3.8, 4) is 0 Å². The van der Waals surface area contributed by atoms with Crippen LogP contribution in [0.4, 0.5) is 0 Å². The molecule has 0 amide bonds. The van der Waals surface area contributed by atoms with Gasteiger partial charge in [0.25, 0.3) is 0 Å². The third-order valence-electron chi connectivity index (χ3n) is 12.3. The van der Waals surface area contributed by atoms with Crippen LogP contribution in [0.5, 0.6) is 0 Å². The predicted molar refractivity (Wildman–Crippen MR) is 149 cm³/mol. The first-order valence-corrected chi connectivity index (χ1v) is 15.8. The maximum atomic E-state index is 13.2. The number of hydrogen-bond donors (Lipinski definition) is 4. The average molecular weight is 551 g/mol. The van der Waals surface area contributed by atoms with Gasteiger partial charge in [0, 0.05) is 5.41 Å². The van der Waals surface area contributed by atoms with Crippen molar-refractivity contribution in [3.05, 3.63) is 0 Å². The Morgan fingerprint density at radius 1 is 0.949 bits per heavy atom. The van der Waals surface area contributed by atoms with Gasteiger partial charge < -0.3 is 25.2 Å². The summed E-state index contributed by atoms with van der Waals surface area (Å²) in [6.45, 7) is 10.9. The SMILES string of the molecule is CC[C@H](C)C(=O)O[C@H]1C[C@H]2[C@@H](CC[C@@H]3C[C@H](O)CC[C@@]32C)[C@@H]2CC[C@H]([C@H](C)C[C@@H](O)C[C@@H](O)CC(=O)O)[C@@]12C. The summed E-state index contributed by atoms with van der Waals surface area (Å²) in [6.07, 6.45) is 6.93. The van der Waals surface area contributed by atoms with Crippen molar-refractivity contribution in [3.63, 3.8) is 0 Å². The maximum absolute atomic E-state index is 13.2. The van der Waals surface area contributed by atoms with E-state index in [4.69, 9.17) is 9.84 Å². The van der Waals surface area contributed by atoms with Crippen molar-refractivity contribution >= 4 is 11.9 Å². The molecule has 0 unspecified atom stereocenters. The number of fused-ring (bicyclic) bond motifs is 5. The molecule has 0 saturated heterocycles. The van der Waals surface area contributed by atoms with Crippen molar-refractivity contribution in [2.45, 2.75) is 136 Å². The zero-order valence-electron chi connectivity index (χ0n) is 24.8. The van der Waals surface area contributed by atoms with Gasteiger partial charge in [0.15, 0.2) is 0 Å². The number of hydrogen-bond acceptors (Lipinski definition) is 6. The number of rotatable bonds is 10. The van der Waals surface area contributed by atoms with E-state index >= 15 is 0 Å². The maximum Gasteiger partial charge on any atom is 0.308 e. The molecule has 4 aliphatic rings. The lowest BCUT2D eigenvalue weighted by Gasteiger charge is -2.62. The van der Waals surface area contributed by atoms with Crippen LogP contribution in [0, 0.1) is 52.3 Å². The lowest BCUT2D eigenvalue weighted by atomic mass is 9.43. The molecule has 0 aromatic rings. The van der Waals surface area contributed by atoms with E-state index in [0.29, 0.717) is 30.1 Å². The number of ether oxygens (including phenoxy) is 1. The number of carboxylic acid groups (broad SMARTS) is 1. The Kier molecular flexibility index (Phi) is 9.45. The van der Waals surface area contributed by atoms with Crippen molar-refractivity contribution < 1.29 is 34.8 Å². The Morgan fingerprint density at radius 3 is 2.33 bits per heavy atom. The topological polar surface area (TPSA) is 124 Å². The van der Waals surface area contributed by atoms with E-state index in [1.54, 1.807) is 0 Å². The average Bonchev–Trinajstić information content (AvgIpc) is 3.22. The van der Waals surface area contributed by atoms with Crippen molar-refractivity contribution in [1.29, 1.82) is 0 Å². The van der Waals surface area contributed by atoms with Crippen LogP contribution < -0.4 is 0 Å². The predicted octanol–water partition coefficient (Wildman–Crippen LogP) is 5.19. The Balaban J connectivity index is 1.58. The van der Waals surface area contributed by atoms with Gasteiger partial charge in [-0.2, -0.15) is 0 Å². The summed E-state index contributed by atoms with van der Waals surface area (Å²) in [6, 6.07) is 0. The third kappa shape index (κ3) is 5.92. The van der Waals surface area contributed by atoms with Gasteiger partial charge in [-0.05, 0) is 112 Å². The van der Waals surface area contributed by atoms with Crippen LogP contribution in [-0.4, -0.2) is 56.8 Å². The molecule has 4 saturated carbocycles. The van der Waals surface area contributed by atoms with E-state index in [2.05, 4.69) is 20.8 Å². The number of carbonyl (C=O) groups is 2. The van der Waals surface area contributed by atoms with E-state index in [1.807, 2.05) is 13.8 Å². The summed E-state index contributed by atoms with van der Waals surface area (Å²) in [5.74, 6) is 1.19. The number of aliphatic hydroxyl groups excluding tert-OH is 3. The molecule has 7 nitrogen and oxygen atoms in total. The molecular formula is C32H54O7. The fourth-order valence-corrected chi connectivity index (χ4v) is 10.0. The van der Waals surface area contributed by atoms with Gasteiger partial charge in [0.2, 0.25) is 0 Å². The van der Waals surface area contributed by atoms with Crippen molar-refractivity contribution in [2.75, 3.05) is 0 Å². The molecule has 39 heavy (non-hydrogen) atoms. The quantitative estimate of drug-likeness (QED) is 0.276. The second-order valence-electron chi connectivity index (χ2n) is 14.5. The second-order valence-corrected chi connectivity index (χ2v) is 14.5. The molecule has 4 rings (SSSR count). The first-order chi connectivity index (χ1) is 18.3. The molecule has 0 spiro atoms. The van der Waals surface area contributed by atoms with E-state index in [-0.39, 0.29) is 59.6 Å². The molecule has 7 heteroatoms. The lowest BCUT2D eigenvalue weighted by Crippen LogP contribution is -2.59. The molecule has 4 fully saturated rings. The van der Waals surface area contributed by atoms with E-state index in [1.165, 1.54) is 12.8 Å². The number of aliphatic carboxylic acids is 1. The molecule has 0 aliphatic heterocycles. The smallest absolute Gasteiger partial charge is 0.308 e. The Hall–Kier alpha value is -1.18. The molecule has 0 aromatic carbocycles. The Bertz CT molecular complexity index is 877. The first-order valence-electron chi connectivity index (χ1n) is 15.8. The standard InChI is InChI=1S/C32H54O7/c1-6-18(2)30(38)39-28-17-27-24(8-7-20-14-21(33)11-12-31(20,27)4)26-10-9-25(32(26,28)5)19(3)13-22(34)15-23(35)16-29(36)37/h18-28,33-35H,6-17H2,1-5H3,(H,36,37)/t18-,19+,20+,21+,22+,23+,24-,25+,26-,27-,28-,31-,32+/m0/s1. The van der Waals surface area contributed by atoms with Crippen LogP contribution in [0.25, 0.3) is 0 Å². The summed E-state index contributed by atoms with van der Waals surface area (Å²) in [5, 5.41) is 40.3. The van der Waals surface area contributed by atoms with Gasteiger partial charge in [-0.1, -0.05) is 34.6 Å². The van der Waals surface area contributed by atoms with Crippen LogP contribution in [0.15, 0.2) is 0 Å². The fourth-order valence-electron chi connectivity index (χ4n) is 10.0. The zero-order valence-corrected chi connectivity index (χ0v) is 24.8. The van der Waals surface area contributed by atoms with E-state index < -0.39 is 18.2 Å². The van der Waals surface area contributed by atoms with Crippen LogP contribution in [0.1, 0.15) is 112 Å². The number of carbonyl (C=O) groups excluding carboxylic acids is 1. The highest BCUT2D eigenvalue weighted by Gasteiger charge is 2.65. The minimum absolute atomic E-state index is 0.0617. The van der Waals surface area contributed by atoms with Crippen LogP contribution in [0.2, 0.25) is 0 Å². The van der Waals surface area contributed by atoms with Gasteiger partial charge in [-0.3, -0.25) is 9.59 Å². The van der Waals surface area contributed by atoms with Gasteiger partial charge >= 0.3 is 11.9 Å². The van der Waals surface area contributed by atoms with E-state index in [0.717, 1.165) is 44.9 Å². The second kappa shape index (κ2) is 12.0. The summed E-state index contributed by atoms with van der Waals surface area (Å²) in [5.41, 5.74) is -0.00876. The third-order valence-corrected chi connectivity index (χ3v) is 12.3. The molecule has 13 atom stereocenters. The van der Waals surface area contributed by atoms with Crippen molar-refractivity contribution in [2.24, 2.45) is 52.3 Å². The molecule has 0 aromatic heterocycles. The molecule has 224 valence electrons. The van der Waals surface area contributed by atoms with E-state index in [9.17, 15) is 24.9 Å². The summed E-state index contributed by atoms with van der Waals surface area (Å²) in [4.78, 5) is 24.2. The highest BCUT2D eigenvalue weighted by molar-refractivity contribution is 5.72. The lowest BCUT2D eigenvalue weighted by molar-refractivity contribution is -0.200. The normalized spacial score (nSPS) is 42.8. The number of carboxylic acids is 1. The molecule has 0 bridgehead atoms. The summed E-state index contributed by atoms with van der Waals surface area (Å²) < 4.78 is 6.49. The minimum Gasteiger partial charge on any atom is -0.481 e. The minimum atomic E-state index is -1.06. The highest BCUT2D eigenvalue weighted by Crippen LogP contribution is 2.69. The number of esters is 1. The molecule has 0 radical (unpaired) electrons. The monoisotopic (exact) mass is 550 g/mol. The van der Waals surface area contributed by atoms with Crippen molar-refractivity contribution in [1.82, 2.24) is 0 Å². The Morgan fingerprint density at radius 2 is 1.67 bits per heavy atom. The molecule has 0 heterocycles. The first kappa shape index (κ1) is 30.8. The molecule has 4 N–H and O–H groups in total. The molecular weight excluding hydrogens is 496 g/mol.